The van der Waals surface area contributed by atoms with Gasteiger partial charge in [0.25, 0.3) is 0 Å². The highest BCUT2D eigenvalue weighted by Gasteiger charge is 2.19. The fourth-order valence-corrected chi connectivity index (χ4v) is 3.61. The Bertz CT molecular complexity index is 1420. The molecule has 1 aromatic carbocycles. The number of hydrogen-bond acceptors (Lipinski definition) is 5. The summed E-state index contributed by atoms with van der Waals surface area (Å²) in [5, 5.41) is 5.72. The molecule has 4 heterocycles. The highest BCUT2D eigenvalue weighted by molar-refractivity contribution is 5.96. The minimum absolute atomic E-state index is 0.385. The van der Waals surface area contributed by atoms with E-state index in [0.717, 1.165) is 39.2 Å². The van der Waals surface area contributed by atoms with Crippen LogP contribution in [0.5, 0.6) is 0 Å². The molecule has 0 spiro atoms. The molecule has 0 atom stereocenters. The normalized spacial score (nSPS) is 11.1. The molecule has 4 aromatic heterocycles. The van der Waals surface area contributed by atoms with Crippen molar-refractivity contribution < 1.29 is 9.53 Å². The molecular formula is C24H18N4O2. The Morgan fingerprint density at radius 2 is 1.80 bits per heavy atom. The zero-order valence-electron chi connectivity index (χ0n) is 16.5. The van der Waals surface area contributed by atoms with Crippen LogP contribution in [0, 0.1) is 6.92 Å². The van der Waals surface area contributed by atoms with E-state index in [9.17, 15) is 4.79 Å². The highest BCUT2D eigenvalue weighted by Crippen LogP contribution is 2.34. The number of ether oxygens (including phenoxy) is 1. The molecule has 5 aromatic rings. The Labute approximate surface area is 172 Å². The third-order valence-corrected chi connectivity index (χ3v) is 5.04. The van der Waals surface area contributed by atoms with Crippen LogP contribution in [0.15, 0.2) is 72.9 Å². The molecule has 0 saturated carbocycles. The van der Waals surface area contributed by atoms with Gasteiger partial charge in [0.2, 0.25) is 0 Å². The summed E-state index contributed by atoms with van der Waals surface area (Å²) in [6.07, 6.45) is 1.91. The van der Waals surface area contributed by atoms with Crippen LogP contribution in [0.25, 0.3) is 39.1 Å². The molecule has 0 aliphatic carbocycles. The number of pyridine rings is 3. The van der Waals surface area contributed by atoms with Crippen LogP contribution in [0.3, 0.4) is 0 Å². The summed E-state index contributed by atoms with van der Waals surface area (Å²) in [4.78, 5) is 21.5. The second kappa shape index (κ2) is 7.08. The average molecular weight is 394 g/mol. The predicted molar refractivity (Wildman–Crippen MR) is 115 cm³/mol. The van der Waals surface area contributed by atoms with Crippen molar-refractivity contribution in [1.29, 1.82) is 0 Å². The third kappa shape index (κ3) is 2.99. The molecule has 0 unspecified atom stereocenters. The van der Waals surface area contributed by atoms with Gasteiger partial charge in [0.05, 0.1) is 40.7 Å². The largest absolute Gasteiger partial charge is 0.465 e. The molecule has 0 saturated heterocycles. The highest BCUT2D eigenvalue weighted by atomic mass is 16.5. The van der Waals surface area contributed by atoms with Crippen molar-refractivity contribution in [2.45, 2.75) is 6.92 Å². The standard InChI is InChI=1S/C24H18N4O2/c1-15-6-5-7-19(25-15)23-22(21-8-3-4-13-28(21)27-23)18-12-11-16-9-10-17(24(29)30-2)14-20(16)26-18/h3-14H,1-2H3. The molecule has 6 heteroatoms. The molecule has 0 fully saturated rings. The van der Waals surface area contributed by atoms with Crippen molar-refractivity contribution in [2.75, 3.05) is 7.11 Å². The molecule has 0 N–H and O–H groups in total. The fourth-order valence-electron chi connectivity index (χ4n) is 3.61. The van der Waals surface area contributed by atoms with Crippen LogP contribution < -0.4 is 0 Å². The van der Waals surface area contributed by atoms with E-state index in [1.54, 1.807) is 12.1 Å². The zero-order chi connectivity index (χ0) is 20.7. The van der Waals surface area contributed by atoms with E-state index in [2.05, 4.69) is 4.98 Å². The Balaban J connectivity index is 1.77. The summed E-state index contributed by atoms with van der Waals surface area (Å²) < 4.78 is 6.68. The lowest BCUT2D eigenvalue weighted by molar-refractivity contribution is 0.0601. The smallest absolute Gasteiger partial charge is 0.337 e. The maximum absolute atomic E-state index is 11.9. The van der Waals surface area contributed by atoms with Gasteiger partial charge in [-0.05, 0) is 49.4 Å². The third-order valence-electron chi connectivity index (χ3n) is 5.04. The van der Waals surface area contributed by atoms with Gasteiger partial charge < -0.3 is 4.74 Å². The Morgan fingerprint density at radius 3 is 2.63 bits per heavy atom. The molecule has 146 valence electrons. The molecule has 6 nitrogen and oxygen atoms in total. The maximum atomic E-state index is 11.9. The Hall–Kier alpha value is -4.06. The SMILES string of the molecule is COC(=O)c1ccc2ccc(-c3c(-c4cccc(C)n4)nn4ccccc34)nc2c1. The summed E-state index contributed by atoms with van der Waals surface area (Å²) in [5.41, 5.74) is 6.27. The lowest BCUT2D eigenvalue weighted by Gasteiger charge is -2.06. The van der Waals surface area contributed by atoms with Gasteiger partial charge in [-0.2, -0.15) is 5.10 Å². The number of carbonyl (C=O) groups is 1. The van der Waals surface area contributed by atoms with Crippen LogP contribution >= 0.6 is 0 Å². The van der Waals surface area contributed by atoms with Crippen molar-refractivity contribution in [3.05, 3.63) is 84.2 Å². The molecule has 0 radical (unpaired) electrons. The van der Waals surface area contributed by atoms with Crippen LogP contribution in [-0.4, -0.2) is 32.7 Å². The number of fused-ring (bicyclic) bond motifs is 2. The molecule has 0 aliphatic rings. The predicted octanol–water partition coefficient (Wildman–Crippen LogP) is 4.71. The molecule has 30 heavy (non-hydrogen) atoms. The quantitative estimate of drug-likeness (QED) is 0.415. The van der Waals surface area contributed by atoms with Crippen LogP contribution in [0.2, 0.25) is 0 Å². The van der Waals surface area contributed by atoms with Gasteiger partial charge in [-0.1, -0.05) is 24.3 Å². The Morgan fingerprint density at radius 1 is 0.933 bits per heavy atom. The van der Waals surface area contributed by atoms with Crippen molar-refractivity contribution in [1.82, 2.24) is 19.6 Å². The number of benzene rings is 1. The van der Waals surface area contributed by atoms with Gasteiger partial charge >= 0.3 is 5.97 Å². The summed E-state index contributed by atoms with van der Waals surface area (Å²) in [6.45, 7) is 1.96. The second-order valence-electron chi connectivity index (χ2n) is 7.01. The zero-order valence-corrected chi connectivity index (χ0v) is 16.5. The topological polar surface area (TPSA) is 69.4 Å². The Kier molecular flexibility index (Phi) is 4.25. The molecule has 0 amide bonds. The van der Waals surface area contributed by atoms with Crippen molar-refractivity contribution >= 4 is 22.4 Å². The first-order valence-corrected chi connectivity index (χ1v) is 9.55. The number of methoxy groups -OCH3 is 1. The first-order valence-electron chi connectivity index (χ1n) is 9.55. The van der Waals surface area contributed by atoms with Crippen LogP contribution in [0.1, 0.15) is 16.1 Å². The number of aromatic nitrogens is 4. The van der Waals surface area contributed by atoms with E-state index in [1.165, 1.54) is 7.11 Å². The molecular weight excluding hydrogens is 376 g/mol. The number of aryl methyl sites for hydroxylation is 1. The monoisotopic (exact) mass is 394 g/mol. The van der Waals surface area contributed by atoms with Gasteiger partial charge in [0.15, 0.2) is 0 Å². The fraction of sp³-hybridized carbons (Fsp3) is 0.0833. The molecule has 0 bridgehead atoms. The second-order valence-corrected chi connectivity index (χ2v) is 7.01. The summed E-state index contributed by atoms with van der Waals surface area (Å²) >= 11 is 0. The van der Waals surface area contributed by atoms with Crippen molar-refractivity contribution in [3.63, 3.8) is 0 Å². The number of esters is 1. The van der Waals surface area contributed by atoms with Gasteiger partial charge in [-0.3, -0.25) is 4.98 Å². The lowest BCUT2D eigenvalue weighted by atomic mass is 10.0. The van der Waals surface area contributed by atoms with Crippen LogP contribution in [0.4, 0.5) is 0 Å². The summed E-state index contributed by atoms with van der Waals surface area (Å²) in [7, 11) is 1.37. The van der Waals surface area contributed by atoms with Gasteiger partial charge in [-0.15, -0.1) is 0 Å². The number of hydrogen-bond donors (Lipinski definition) is 0. The van der Waals surface area contributed by atoms with Gasteiger partial charge in [0, 0.05) is 17.3 Å². The number of carbonyl (C=O) groups excluding carboxylic acids is 1. The van der Waals surface area contributed by atoms with E-state index in [4.69, 9.17) is 14.8 Å². The van der Waals surface area contributed by atoms with Crippen molar-refractivity contribution in [3.8, 4) is 22.6 Å². The average Bonchev–Trinajstić information content (AvgIpc) is 3.17. The maximum Gasteiger partial charge on any atom is 0.337 e. The minimum Gasteiger partial charge on any atom is -0.465 e. The van der Waals surface area contributed by atoms with E-state index in [1.807, 2.05) is 72.2 Å². The van der Waals surface area contributed by atoms with E-state index in [0.29, 0.717) is 11.1 Å². The minimum atomic E-state index is -0.385. The van der Waals surface area contributed by atoms with E-state index < -0.39 is 0 Å². The summed E-state index contributed by atoms with van der Waals surface area (Å²) in [5.74, 6) is -0.385. The number of nitrogens with zero attached hydrogens (tertiary/aromatic N) is 4. The van der Waals surface area contributed by atoms with Gasteiger partial charge in [0.1, 0.15) is 5.69 Å². The summed E-state index contributed by atoms with van der Waals surface area (Å²) in [6, 6.07) is 21.2. The van der Waals surface area contributed by atoms with Gasteiger partial charge in [-0.25, -0.2) is 14.3 Å². The molecule has 0 aliphatic heterocycles. The number of rotatable bonds is 3. The lowest BCUT2D eigenvalue weighted by Crippen LogP contribution is -2.01. The van der Waals surface area contributed by atoms with Crippen LogP contribution in [-0.2, 0) is 4.74 Å². The van der Waals surface area contributed by atoms with Crippen molar-refractivity contribution in [2.24, 2.45) is 0 Å². The first kappa shape index (κ1) is 18.0. The van der Waals surface area contributed by atoms with E-state index >= 15 is 0 Å². The van der Waals surface area contributed by atoms with E-state index in [-0.39, 0.29) is 5.97 Å². The first-order chi connectivity index (χ1) is 14.6. The molecule has 5 rings (SSSR count).